The first-order valence-corrected chi connectivity index (χ1v) is 7.81. The Labute approximate surface area is 141 Å². The molecule has 0 radical (unpaired) electrons. The standard InChI is InChI=1S/C19H18Cl2O/c1-19(2,3)14-7-4-13(5-8-14)6-11-18(22)16-10-9-15(20)12-17(16)21/h4-12H,1-3H3. The molecule has 0 fully saturated rings. The Bertz CT molecular complexity index is 707. The van der Waals surface area contributed by atoms with Gasteiger partial charge in [-0.05, 0) is 40.8 Å². The van der Waals surface area contributed by atoms with E-state index in [2.05, 4.69) is 32.9 Å². The van der Waals surface area contributed by atoms with Crippen LogP contribution in [0.2, 0.25) is 10.0 Å². The highest BCUT2D eigenvalue weighted by molar-refractivity contribution is 6.37. The largest absolute Gasteiger partial charge is 0.289 e. The summed E-state index contributed by atoms with van der Waals surface area (Å²) >= 11 is 11.9. The number of hydrogen-bond acceptors (Lipinski definition) is 1. The molecular weight excluding hydrogens is 315 g/mol. The van der Waals surface area contributed by atoms with Crippen LogP contribution in [-0.4, -0.2) is 5.78 Å². The number of carbonyl (C=O) groups is 1. The lowest BCUT2D eigenvalue weighted by Crippen LogP contribution is -2.10. The van der Waals surface area contributed by atoms with E-state index in [1.165, 1.54) is 11.6 Å². The maximum absolute atomic E-state index is 12.2. The zero-order valence-corrected chi connectivity index (χ0v) is 14.4. The summed E-state index contributed by atoms with van der Waals surface area (Å²) in [6, 6.07) is 13.1. The van der Waals surface area contributed by atoms with E-state index in [1.54, 1.807) is 24.3 Å². The molecule has 0 atom stereocenters. The van der Waals surface area contributed by atoms with Crippen molar-refractivity contribution < 1.29 is 4.79 Å². The number of allylic oxidation sites excluding steroid dienone is 1. The summed E-state index contributed by atoms with van der Waals surface area (Å²) in [4.78, 5) is 12.2. The van der Waals surface area contributed by atoms with Gasteiger partial charge in [-0.2, -0.15) is 0 Å². The van der Waals surface area contributed by atoms with Crippen molar-refractivity contribution in [3.63, 3.8) is 0 Å². The molecule has 0 aliphatic carbocycles. The van der Waals surface area contributed by atoms with Crippen molar-refractivity contribution in [2.24, 2.45) is 0 Å². The van der Waals surface area contributed by atoms with Crippen molar-refractivity contribution in [1.82, 2.24) is 0 Å². The Morgan fingerprint density at radius 2 is 1.64 bits per heavy atom. The Kier molecular flexibility index (Phi) is 5.10. The molecule has 0 amide bonds. The molecule has 0 saturated heterocycles. The van der Waals surface area contributed by atoms with Crippen molar-refractivity contribution in [2.75, 3.05) is 0 Å². The summed E-state index contributed by atoms with van der Waals surface area (Å²) in [5.41, 5.74) is 2.81. The molecule has 22 heavy (non-hydrogen) atoms. The summed E-state index contributed by atoms with van der Waals surface area (Å²) in [5, 5.41) is 0.883. The van der Waals surface area contributed by atoms with Crippen LogP contribution in [0.5, 0.6) is 0 Å². The molecule has 0 spiro atoms. The smallest absolute Gasteiger partial charge is 0.187 e. The lowest BCUT2D eigenvalue weighted by molar-refractivity contribution is 0.104. The number of rotatable bonds is 3. The molecule has 0 aliphatic heterocycles. The minimum Gasteiger partial charge on any atom is -0.289 e. The van der Waals surface area contributed by atoms with Crippen LogP contribution < -0.4 is 0 Å². The van der Waals surface area contributed by atoms with Gasteiger partial charge in [0.15, 0.2) is 5.78 Å². The average Bonchev–Trinajstić information content (AvgIpc) is 2.44. The van der Waals surface area contributed by atoms with Gasteiger partial charge >= 0.3 is 0 Å². The molecule has 0 aromatic heterocycles. The number of ketones is 1. The topological polar surface area (TPSA) is 17.1 Å². The van der Waals surface area contributed by atoms with Crippen molar-refractivity contribution >= 4 is 35.1 Å². The van der Waals surface area contributed by atoms with E-state index in [1.807, 2.05) is 12.1 Å². The van der Waals surface area contributed by atoms with Gasteiger partial charge in [0.1, 0.15) is 0 Å². The molecule has 0 unspecified atom stereocenters. The van der Waals surface area contributed by atoms with Gasteiger partial charge in [0, 0.05) is 10.6 Å². The summed E-state index contributed by atoms with van der Waals surface area (Å²) < 4.78 is 0. The van der Waals surface area contributed by atoms with Gasteiger partial charge in [-0.25, -0.2) is 0 Å². The molecule has 3 heteroatoms. The molecule has 114 valence electrons. The minimum atomic E-state index is -0.137. The highest BCUT2D eigenvalue weighted by Crippen LogP contribution is 2.23. The van der Waals surface area contributed by atoms with Crippen LogP contribution in [0.1, 0.15) is 42.3 Å². The van der Waals surface area contributed by atoms with Crippen molar-refractivity contribution in [3.8, 4) is 0 Å². The highest BCUT2D eigenvalue weighted by atomic mass is 35.5. The molecule has 2 aromatic rings. The van der Waals surface area contributed by atoms with E-state index >= 15 is 0 Å². The number of benzene rings is 2. The van der Waals surface area contributed by atoms with Crippen LogP contribution in [0.25, 0.3) is 6.08 Å². The van der Waals surface area contributed by atoms with E-state index in [9.17, 15) is 4.79 Å². The predicted octanol–water partition coefficient (Wildman–Crippen LogP) is 6.19. The fraction of sp³-hybridized carbons (Fsp3) is 0.211. The van der Waals surface area contributed by atoms with Crippen LogP contribution in [-0.2, 0) is 5.41 Å². The van der Waals surface area contributed by atoms with Gasteiger partial charge in [-0.15, -0.1) is 0 Å². The first-order valence-electron chi connectivity index (χ1n) is 7.05. The zero-order chi connectivity index (χ0) is 16.3. The van der Waals surface area contributed by atoms with Crippen LogP contribution in [0.4, 0.5) is 0 Å². The quantitative estimate of drug-likeness (QED) is 0.484. The second kappa shape index (κ2) is 6.68. The summed E-state index contributed by atoms with van der Waals surface area (Å²) in [5.74, 6) is -0.137. The monoisotopic (exact) mass is 332 g/mol. The van der Waals surface area contributed by atoms with E-state index in [-0.39, 0.29) is 11.2 Å². The Hall–Kier alpha value is -1.57. The van der Waals surface area contributed by atoms with Gasteiger partial charge in [0.25, 0.3) is 0 Å². The van der Waals surface area contributed by atoms with E-state index in [0.717, 1.165) is 5.56 Å². The Balaban J connectivity index is 2.16. The van der Waals surface area contributed by atoms with Crippen molar-refractivity contribution in [2.45, 2.75) is 26.2 Å². The van der Waals surface area contributed by atoms with Crippen LogP contribution in [0, 0.1) is 0 Å². The SMILES string of the molecule is CC(C)(C)c1ccc(C=CC(=O)c2ccc(Cl)cc2Cl)cc1. The highest BCUT2D eigenvalue weighted by Gasteiger charge is 2.12. The predicted molar refractivity (Wildman–Crippen MR) is 95.0 cm³/mol. The van der Waals surface area contributed by atoms with Crippen molar-refractivity contribution in [1.29, 1.82) is 0 Å². The molecule has 0 N–H and O–H groups in total. The molecule has 0 bridgehead atoms. The molecule has 0 aliphatic rings. The summed E-state index contributed by atoms with van der Waals surface area (Å²) in [6.07, 6.45) is 3.32. The number of carbonyl (C=O) groups excluding carboxylic acids is 1. The number of halogens is 2. The normalized spacial score (nSPS) is 11.9. The molecule has 2 aromatic carbocycles. The fourth-order valence-corrected chi connectivity index (χ4v) is 2.55. The second-order valence-corrected chi connectivity index (χ2v) is 7.04. The third kappa shape index (κ3) is 4.22. The number of hydrogen-bond donors (Lipinski definition) is 0. The van der Waals surface area contributed by atoms with Gasteiger partial charge < -0.3 is 0 Å². The molecule has 1 nitrogen and oxygen atoms in total. The van der Waals surface area contributed by atoms with E-state index in [0.29, 0.717) is 15.6 Å². The lowest BCUT2D eigenvalue weighted by Gasteiger charge is -2.18. The molecule has 0 saturated carbocycles. The third-order valence-corrected chi connectivity index (χ3v) is 3.95. The Morgan fingerprint density at radius 3 is 2.18 bits per heavy atom. The van der Waals surface area contributed by atoms with Gasteiger partial charge in [0.2, 0.25) is 0 Å². The van der Waals surface area contributed by atoms with Gasteiger partial charge in [-0.1, -0.05) is 74.3 Å². The van der Waals surface area contributed by atoms with Gasteiger partial charge in [0.05, 0.1) is 5.02 Å². The fourth-order valence-electron chi connectivity index (χ4n) is 2.05. The zero-order valence-electron chi connectivity index (χ0n) is 12.9. The maximum Gasteiger partial charge on any atom is 0.187 e. The molecular formula is C19H18Cl2O. The Morgan fingerprint density at radius 1 is 1.00 bits per heavy atom. The van der Waals surface area contributed by atoms with Crippen molar-refractivity contribution in [3.05, 3.63) is 75.3 Å². The van der Waals surface area contributed by atoms with Crippen LogP contribution >= 0.6 is 23.2 Å². The van der Waals surface area contributed by atoms with Crippen LogP contribution in [0.15, 0.2) is 48.5 Å². The first-order chi connectivity index (χ1) is 10.3. The van der Waals surface area contributed by atoms with Crippen LogP contribution in [0.3, 0.4) is 0 Å². The molecule has 0 heterocycles. The van der Waals surface area contributed by atoms with Gasteiger partial charge in [-0.3, -0.25) is 4.79 Å². The maximum atomic E-state index is 12.2. The van der Waals surface area contributed by atoms with E-state index in [4.69, 9.17) is 23.2 Å². The summed E-state index contributed by atoms with van der Waals surface area (Å²) in [6.45, 7) is 6.51. The molecule has 2 rings (SSSR count). The lowest BCUT2D eigenvalue weighted by atomic mass is 9.87. The van der Waals surface area contributed by atoms with E-state index < -0.39 is 0 Å². The first kappa shape index (κ1) is 16.8. The summed E-state index contributed by atoms with van der Waals surface area (Å²) in [7, 11) is 0. The minimum absolute atomic E-state index is 0.120. The third-order valence-electron chi connectivity index (χ3n) is 3.40. The second-order valence-electron chi connectivity index (χ2n) is 6.19. The average molecular weight is 333 g/mol.